The average Bonchev–Trinajstić information content (AvgIpc) is 2.77. The van der Waals surface area contributed by atoms with Crippen LogP contribution >= 0.6 is 31.9 Å². The van der Waals surface area contributed by atoms with Gasteiger partial charge in [0.2, 0.25) is 0 Å². The molecule has 5 heteroatoms. The molecule has 0 saturated carbocycles. The summed E-state index contributed by atoms with van der Waals surface area (Å²) < 4.78 is 4.25. The molecule has 1 aromatic heterocycles. The van der Waals surface area contributed by atoms with E-state index in [2.05, 4.69) is 49.4 Å². The van der Waals surface area contributed by atoms with Crippen molar-refractivity contribution in [1.29, 1.82) is 0 Å². The number of imidazole rings is 1. The molecule has 0 atom stereocenters. The molecule has 0 amide bonds. The minimum Gasteiger partial charge on any atom is -0.398 e. The van der Waals surface area contributed by atoms with Crippen molar-refractivity contribution in [2.45, 2.75) is 19.9 Å². The SMILES string of the molecule is CCCn1c(-c2ccc(Br)cc2N)nc2cc(Br)ccc21. The molecule has 0 bridgehead atoms. The second-order valence-corrected chi connectivity index (χ2v) is 6.78. The maximum atomic E-state index is 6.18. The molecule has 3 rings (SSSR count). The zero-order valence-corrected chi connectivity index (χ0v) is 14.8. The molecule has 2 N–H and O–H groups in total. The first kappa shape index (κ1) is 14.6. The lowest BCUT2D eigenvalue weighted by Crippen LogP contribution is -2.01. The molecule has 2 aromatic carbocycles. The third-order valence-electron chi connectivity index (χ3n) is 3.41. The standard InChI is InChI=1S/C16H15Br2N3/c1-2-7-21-15-6-4-11(18)9-14(15)20-16(21)12-5-3-10(17)8-13(12)19/h3-6,8-9H,2,7,19H2,1H3. The lowest BCUT2D eigenvalue weighted by atomic mass is 10.1. The maximum absolute atomic E-state index is 6.18. The van der Waals surface area contributed by atoms with Crippen molar-refractivity contribution in [2.75, 3.05) is 5.73 Å². The van der Waals surface area contributed by atoms with Gasteiger partial charge in [0.25, 0.3) is 0 Å². The largest absolute Gasteiger partial charge is 0.398 e. The van der Waals surface area contributed by atoms with Crippen LogP contribution in [0.3, 0.4) is 0 Å². The molecular formula is C16H15Br2N3. The highest BCUT2D eigenvalue weighted by molar-refractivity contribution is 9.10. The Hall–Kier alpha value is -1.33. The quantitative estimate of drug-likeness (QED) is 0.603. The van der Waals surface area contributed by atoms with Crippen molar-refractivity contribution in [2.24, 2.45) is 0 Å². The zero-order chi connectivity index (χ0) is 15.0. The molecule has 0 aliphatic rings. The third kappa shape index (κ3) is 2.72. The number of hydrogen-bond acceptors (Lipinski definition) is 2. The Kier molecular flexibility index (Phi) is 4.04. The number of rotatable bonds is 3. The second kappa shape index (κ2) is 5.81. The molecule has 1 heterocycles. The van der Waals surface area contributed by atoms with Gasteiger partial charge in [-0.1, -0.05) is 38.8 Å². The fraction of sp³-hybridized carbons (Fsp3) is 0.188. The van der Waals surface area contributed by atoms with E-state index in [-0.39, 0.29) is 0 Å². The molecule has 0 unspecified atom stereocenters. The predicted octanol–water partition coefficient (Wildman–Crippen LogP) is 5.22. The lowest BCUT2D eigenvalue weighted by molar-refractivity contribution is 0.704. The summed E-state index contributed by atoms with van der Waals surface area (Å²) in [4.78, 5) is 4.79. The maximum Gasteiger partial charge on any atom is 0.143 e. The van der Waals surface area contributed by atoms with Crippen molar-refractivity contribution in [3.8, 4) is 11.4 Å². The van der Waals surface area contributed by atoms with Gasteiger partial charge in [0.1, 0.15) is 5.82 Å². The Morgan fingerprint density at radius 2 is 1.81 bits per heavy atom. The van der Waals surface area contributed by atoms with Crippen LogP contribution in [0.1, 0.15) is 13.3 Å². The van der Waals surface area contributed by atoms with Crippen LogP contribution in [-0.4, -0.2) is 9.55 Å². The molecule has 108 valence electrons. The van der Waals surface area contributed by atoms with E-state index in [4.69, 9.17) is 10.7 Å². The van der Waals surface area contributed by atoms with E-state index in [9.17, 15) is 0 Å². The molecule has 21 heavy (non-hydrogen) atoms. The summed E-state index contributed by atoms with van der Waals surface area (Å²) in [6.45, 7) is 3.09. The summed E-state index contributed by atoms with van der Waals surface area (Å²) in [6, 6.07) is 12.1. The molecule has 0 aliphatic carbocycles. The number of aryl methyl sites for hydroxylation is 1. The van der Waals surface area contributed by atoms with Crippen LogP contribution in [0.5, 0.6) is 0 Å². The summed E-state index contributed by atoms with van der Waals surface area (Å²) in [5.74, 6) is 0.926. The number of aromatic nitrogens is 2. The fourth-order valence-electron chi connectivity index (χ4n) is 2.50. The van der Waals surface area contributed by atoms with E-state index >= 15 is 0 Å². The number of fused-ring (bicyclic) bond motifs is 1. The first-order chi connectivity index (χ1) is 10.1. The highest BCUT2D eigenvalue weighted by atomic mass is 79.9. The van der Waals surface area contributed by atoms with E-state index in [1.54, 1.807) is 0 Å². The van der Waals surface area contributed by atoms with Crippen LogP contribution in [-0.2, 0) is 6.54 Å². The van der Waals surface area contributed by atoms with Crippen molar-refractivity contribution in [3.05, 3.63) is 45.3 Å². The highest BCUT2D eigenvalue weighted by Gasteiger charge is 2.14. The predicted molar refractivity (Wildman–Crippen MR) is 95.3 cm³/mol. The Morgan fingerprint density at radius 1 is 1.10 bits per heavy atom. The summed E-state index contributed by atoms with van der Waals surface area (Å²) in [6.07, 6.45) is 1.05. The van der Waals surface area contributed by atoms with Crippen LogP contribution in [0.2, 0.25) is 0 Å². The summed E-state index contributed by atoms with van der Waals surface area (Å²) >= 11 is 6.95. The van der Waals surface area contributed by atoms with Crippen LogP contribution in [0.25, 0.3) is 22.4 Å². The van der Waals surface area contributed by atoms with Gasteiger partial charge in [-0.3, -0.25) is 0 Å². The Balaban J connectivity index is 2.27. The van der Waals surface area contributed by atoms with Crippen molar-refractivity contribution < 1.29 is 0 Å². The van der Waals surface area contributed by atoms with Gasteiger partial charge in [-0.25, -0.2) is 4.98 Å². The minimum absolute atomic E-state index is 0.732. The Morgan fingerprint density at radius 3 is 2.52 bits per heavy atom. The minimum atomic E-state index is 0.732. The molecule has 0 aliphatic heterocycles. The van der Waals surface area contributed by atoms with Gasteiger partial charge < -0.3 is 10.3 Å². The smallest absolute Gasteiger partial charge is 0.143 e. The van der Waals surface area contributed by atoms with Gasteiger partial charge in [0.05, 0.1) is 11.0 Å². The second-order valence-electron chi connectivity index (χ2n) is 4.95. The topological polar surface area (TPSA) is 43.8 Å². The number of halogens is 2. The molecule has 3 aromatic rings. The number of benzene rings is 2. The monoisotopic (exact) mass is 407 g/mol. The highest BCUT2D eigenvalue weighted by Crippen LogP contribution is 2.32. The zero-order valence-electron chi connectivity index (χ0n) is 11.6. The van der Waals surface area contributed by atoms with Gasteiger partial charge in [-0.2, -0.15) is 0 Å². The lowest BCUT2D eigenvalue weighted by Gasteiger charge is -2.10. The van der Waals surface area contributed by atoms with Crippen LogP contribution in [0.4, 0.5) is 5.69 Å². The van der Waals surface area contributed by atoms with Crippen molar-refractivity contribution >= 4 is 48.6 Å². The number of nitrogens with zero attached hydrogens (tertiary/aromatic N) is 2. The van der Waals surface area contributed by atoms with Crippen LogP contribution in [0.15, 0.2) is 45.3 Å². The molecular weight excluding hydrogens is 394 g/mol. The molecule has 0 saturated heterocycles. The number of hydrogen-bond donors (Lipinski definition) is 1. The van der Waals surface area contributed by atoms with Gasteiger partial charge >= 0.3 is 0 Å². The number of nitrogens with two attached hydrogens (primary N) is 1. The molecule has 0 radical (unpaired) electrons. The van der Waals surface area contributed by atoms with Gasteiger partial charge in [-0.05, 0) is 42.8 Å². The Labute approximate surface area is 140 Å². The van der Waals surface area contributed by atoms with E-state index < -0.39 is 0 Å². The van der Waals surface area contributed by atoms with Crippen LogP contribution in [0, 0.1) is 0 Å². The normalized spacial score (nSPS) is 11.2. The van der Waals surface area contributed by atoms with Crippen molar-refractivity contribution in [1.82, 2.24) is 9.55 Å². The first-order valence-electron chi connectivity index (χ1n) is 6.81. The molecule has 3 nitrogen and oxygen atoms in total. The number of anilines is 1. The summed E-state index contributed by atoms with van der Waals surface area (Å²) in [7, 11) is 0. The van der Waals surface area contributed by atoms with E-state index in [1.807, 2.05) is 30.3 Å². The number of nitrogen functional groups attached to an aromatic ring is 1. The van der Waals surface area contributed by atoms with Gasteiger partial charge in [-0.15, -0.1) is 0 Å². The summed E-state index contributed by atoms with van der Waals surface area (Å²) in [5.41, 5.74) is 10.00. The van der Waals surface area contributed by atoms with E-state index in [0.29, 0.717) is 0 Å². The van der Waals surface area contributed by atoms with Crippen LogP contribution < -0.4 is 5.73 Å². The average molecular weight is 409 g/mol. The van der Waals surface area contributed by atoms with Gasteiger partial charge in [0.15, 0.2) is 0 Å². The third-order valence-corrected chi connectivity index (χ3v) is 4.40. The summed E-state index contributed by atoms with van der Waals surface area (Å²) in [5, 5.41) is 0. The van der Waals surface area contributed by atoms with E-state index in [0.717, 1.165) is 50.0 Å². The van der Waals surface area contributed by atoms with Gasteiger partial charge in [0, 0.05) is 26.7 Å². The van der Waals surface area contributed by atoms with Crippen molar-refractivity contribution in [3.63, 3.8) is 0 Å². The molecule has 0 fully saturated rings. The molecule has 0 spiro atoms. The van der Waals surface area contributed by atoms with E-state index in [1.165, 1.54) is 0 Å². The first-order valence-corrected chi connectivity index (χ1v) is 8.40. The Bertz CT molecular complexity index is 809. The fourth-order valence-corrected chi connectivity index (χ4v) is 3.22.